The molecule has 2 heteroatoms. The summed E-state index contributed by atoms with van der Waals surface area (Å²) in [6.07, 6.45) is 2.21. The van der Waals surface area contributed by atoms with Crippen LogP contribution in [0.2, 0.25) is 0 Å². The summed E-state index contributed by atoms with van der Waals surface area (Å²) in [6.45, 7) is 5.33. The largest absolute Gasteiger partial charge is 0.380 e. The summed E-state index contributed by atoms with van der Waals surface area (Å²) in [5, 5.41) is 3.53. The molecule has 1 N–H and O–H groups in total. The fourth-order valence-electron chi connectivity index (χ4n) is 1.89. The van der Waals surface area contributed by atoms with Gasteiger partial charge >= 0.3 is 0 Å². The minimum Gasteiger partial charge on any atom is -0.380 e. The highest BCUT2D eigenvalue weighted by Gasteiger charge is 2.01. The van der Waals surface area contributed by atoms with Crippen molar-refractivity contribution in [1.82, 2.24) is 0 Å². The second-order valence-corrected chi connectivity index (χ2v) is 5.34. The van der Waals surface area contributed by atoms with Gasteiger partial charge in [-0.15, -0.1) is 11.3 Å². The van der Waals surface area contributed by atoms with Gasteiger partial charge in [-0.1, -0.05) is 32.0 Å². The molecule has 1 aromatic heterocycles. The van der Waals surface area contributed by atoms with E-state index >= 15 is 0 Å². The van der Waals surface area contributed by atoms with Crippen LogP contribution < -0.4 is 5.32 Å². The Labute approximate surface area is 108 Å². The average Bonchev–Trinajstić information content (AvgIpc) is 2.84. The topological polar surface area (TPSA) is 12.0 Å². The summed E-state index contributed by atoms with van der Waals surface area (Å²) in [4.78, 5) is 2.87. The number of rotatable bonds is 5. The fraction of sp³-hybridized carbons (Fsp3) is 0.333. The smallest absolute Gasteiger partial charge is 0.0494 e. The van der Waals surface area contributed by atoms with E-state index in [1.54, 1.807) is 0 Å². The van der Waals surface area contributed by atoms with Gasteiger partial charge in [0.25, 0.3) is 0 Å². The summed E-state index contributed by atoms with van der Waals surface area (Å²) < 4.78 is 0. The highest BCUT2D eigenvalue weighted by atomic mass is 32.1. The van der Waals surface area contributed by atoms with Gasteiger partial charge in [-0.05, 0) is 36.6 Å². The van der Waals surface area contributed by atoms with Gasteiger partial charge in [0.15, 0.2) is 0 Å². The molecule has 0 aliphatic heterocycles. The van der Waals surface area contributed by atoms with Crippen molar-refractivity contribution >= 4 is 17.0 Å². The van der Waals surface area contributed by atoms with Crippen molar-refractivity contribution in [2.24, 2.45) is 0 Å². The Hall–Kier alpha value is -1.28. The van der Waals surface area contributed by atoms with E-state index in [9.17, 15) is 0 Å². The highest BCUT2D eigenvalue weighted by Crippen LogP contribution is 2.20. The van der Waals surface area contributed by atoms with E-state index in [0.717, 1.165) is 19.4 Å². The van der Waals surface area contributed by atoms with Gasteiger partial charge in [0, 0.05) is 22.0 Å². The van der Waals surface area contributed by atoms with Crippen LogP contribution in [0.3, 0.4) is 0 Å². The van der Waals surface area contributed by atoms with Gasteiger partial charge in [-0.2, -0.15) is 0 Å². The second kappa shape index (κ2) is 5.87. The minimum atomic E-state index is 0.932. The van der Waals surface area contributed by atoms with Gasteiger partial charge in [0.2, 0.25) is 0 Å². The molecule has 0 aliphatic rings. The van der Waals surface area contributed by atoms with E-state index in [0.29, 0.717) is 0 Å². The number of hydrogen-bond donors (Lipinski definition) is 1. The first-order valence-corrected chi connectivity index (χ1v) is 7.04. The summed E-state index contributed by atoms with van der Waals surface area (Å²) in [5.74, 6) is 0. The summed E-state index contributed by atoms with van der Waals surface area (Å²) in [7, 11) is 0. The van der Waals surface area contributed by atoms with E-state index in [-0.39, 0.29) is 0 Å². The first-order valence-electron chi connectivity index (χ1n) is 6.22. The molecule has 0 amide bonds. The third-order valence-electron chi connectivity index (χ3n) is 2.92. The Bertz CT molecular complexity index is 473. The lowest BCUT2D eigenvalue weighted by molar-refractivity contribution is 1.11. The first-order chi connectivity index (χ1) is 8.33. The van der Waals surface area contributed by atoms with Gasteiger partial charge in [-0.3, -0.25) is 0 Å². The van der Waals surface area contributed by atoms with E-state index in [4.69, 9.17) is 0 Å². The zero-order chi connectivity index (χ0) is 12.1. The van der Waals surface area contributed by atoms with Crippen molar-refractivity contribution in [2.75, 3.05) is 5.32 Å². The summed E-state index contributed by atoms with van der Waals surface area (Å²) in [5.41, 5.74) is 2.65. The Morgan fingerprint density at radius 2 is 1.71 bits per heavy atom. The molecular formula is C15H19NS. The van der Waals surface area contributed by atoms with Crippen molar-refractivity contribution in [2.45, 2.75) is 33.2 Å². The summed E-state index contributed by atoms with van der Waals surface area (Å²) in [6, 6.07) is 13.0. The third-order valence-corrected chi connectivity index (χ3v) is 4.15. The molecule has 0 radical (unpaired) electrons. The number of aryl methyl sites for hydroxylation is 2. The van der Waals surface area contributed by atoms with Crippen molar-refractivity contribution in [3.8, 4) is 0 Å². The van der Waals surface area contributed by atoms with E-state index in [1.165, 1.54) is 21.0 Å². The molecule has 2 rings (SSSR count). The highest BCUT2D eigenvalue weighted by molar-refractivity contribution is 7.12. The minimum absolute atomic E-state index is 0.932. The van der Waals surface area contributed by atoms with Crippen LogP contribution in [0, 0.1) is 0 Å². The quantitative estimate of drug-likeness (QED) is 0.818. The summed E-state index contributed by atoms with van der Waals surface area (Å²) >= 11 is 1.90. The van der Waals surface area contributed by atoms with Crippen LogP contribution >= 0.6 is 11.3 Å². The fourth-order valence-corrected chi connectivity index (χ4v) is 2.79. The monoisotopic (exact) mass is 245 g/mol. The predicted molar refractivity (Wildman–Crippen MR) is 76.8 cm³/mol. The number of benzene rings is 1. The molecule has 17 heavy (non-hydrogen) atoms. The van der Waals surface area contributed by atoms with Crippen LogP contribution in [0.15, 0.2) is 36.4 Å². The molecule has 0 saturated carbocycles. The van der Waals surface area contributed by atoms with Crippen LogP contribution in [0.25, 0.3) is 0 Å². The first kappa shape index (κ1) is 12.2. The van der Waals surface area contributed by atoms with Crippen LogP contribution in [0.5, 0.6) is 0 Å². The lowest BCUT2D eigenvalue weighted by atomic mass is 10.1. The van der Waals surface area contributed by atoms with Crippen molar-refractivity contribution < 1.29 is 0 Å². The zero-order valence-electron chi connectivity index (χ0n) is 10.5. The molecule has 0 bridgehead atoms. The van der Waals surface area contributed by atoms with Gasteiger partial charge in [0.05, 0.1) is 0 Å². The van der Waals surface area contributed by atoms with E-state index in [2.05, 4.69) is 55.6 Å². The van der Waals surface area contributed by atoms with Crippen LogP contribution in [-0.4, -0.2) is 0 Å². The Morgan fingerprint density at radius 3 is 2.41 bits per heavy atom. The molecular weight excluding hydrogens is 226 g/mol. The lowest BCUT2D eigenvalue weighted by Gasteiger charge is -2.09. The molecule has 0 saturated heterocycles. The Balaban J connectivity index is 2.01. The molecule has 90 valence electrons. The molecule has 0 fully saturated rings. The molecule has 0 aliphatic carbocycles. The molecule has 1 heterocycles. The van der Waals surface area contributed by atoms with Crippen LogP contribution in [0.4, 0.5) is 5.69 Å². The van der Waals surface area contributed by atoms with E-state index in [1.807, 2.05) is 11.3 Å². The van der Waals surface area contributed by atoms with Crippen molar-refractivity contribution in [1.29, 1.82) is 0 Å². The number of nitrogens with one attached hydrogen (secondary N) is 1. The molecule has 0 spiro atoms. The second-order valence-electron chi connectivity index (χ2n) is 4.09. The zero-order valence-corrected chi connectivity index (χ0v) is 11.3. The lowest BCUT2D eigenvalue weighted by Crippen LogP contribution is -2.00. The van der Waals surface area contributed by atoms with Crippen molar-refractivity contribution in [3.63, 3.8) is 0 Å². The maximum absolute atomic E-state index is 3.53. The number of hydrogen-bond acceptors (Lipinski definition) is 2. The number of anilines is 1. The van der Waals surface area contributed by atoms with Gasteiger partial charge in [0.1, 0.15) is 0 Å². The SMILES string of the molecule is CCc1ccc(CNc2ccccc2CC)s1. The van der Waals surface area contributed by atoms with E-state index < -0.39 is 0 Å². The Kier molecular flexibility index (Phi) is 4.21. The molecule has 0 atom stereocenters. The van der Waals surface area contributed by atoms with Crippen LogP contribution in [0.1, 0.15) is 29.2 Å². The normalized spacial score (nSPS) is 10.5. The number of para-hydroxylation sites is 1. The molecule has 1 nitrogen and oxygen atoms in total. The molecule has 2 aromatic rings. The van der Waals surface area contributed by atoms with Crippen molar-refractivity contribution in [3.05, 3.63) is 51.7 Å². The van der Waals surface area contributed by atoms with Crippen LogP contribution in [-0.2, 0) is 19.4 Å². The van der Waals surface area contributed by atoms with Gasteiger partial charge < -0.3 is 5.32 Å². The Morgan fingerprint density at radius 1 is 0.941 bits per heavy atom. The maximum atomic E-state index is 3.53. The molecule has 0 unspecified atom stereocenters. The van der Waals surface area contributed by atoms with Gasteiger partial charge in [-0.25, -0.2) is 0 Å². The number of thiophene rings is 1. The average molecular weight is 245 g/mol. The standard InChI is InChI=1S/C15H19NS/c1-3-12-7-5-6-8-15(12)16-11-14-10-9-13(4-2)17-14/h5-10,16H,3-4,11H2,1-2H3. The predicted octanol–water partition coefficient (Wildman–Crippen LogP) is 4.49. The third kappa shape index (κ3) is 3.10. The molecule has 1 aromatic carbocycles. The maximum Gasteiger partial charge on any atom is 0.0494 e.